The molecule has 0 aliphatic carbocycles. The topological polar surface area (TPSA) is 58.9 Å². The number of piperidine rings is 1. The van der Waals surface area contributed by atoms with Gasteiger partial charge >= 0.3 is 0 Å². The third-order valence-electron chi connectivity index (χ3n) is 2.83. The summed E-state index contributed by atoms with van der Waals surface area (Å²) in [6.07, 6.45) is 2.51. The van der Waals surface area contributed by atoms with Crippen LogP contribution >= 0.6 is 0 Å². The van der Waals surface area contributed by atoms with E-state index < -0.39 is 0 Å². The first kappa shape index (κ1) is 10.5. The van der Waals surface area contributed by atoms with E-state index in [1.165, 1.54) is 17.6 Å². The Bertz CT molecular complexity index is 303. The molecule has 0 bridgehead atoms. The van der Waals surface area contributed by atoms with Gasteiger partial charge < -0.3 is 5.32 Å². The first-order valence-corrected chi connectivity index (χ1v) is 5.39. The minimum absolute atomic E-state index is 0.600. The van der Waals surface area contributed by atoms with Gasteiger partial charge in [-0.15, -0.1) is 10.2 Å². The van der Waals surface area contributed by atoms with Crippen molar-refractivity contribution in [2.45, 2.75) is 25.4 Å². The number of aryl methyl sites for hydroxylation is 1. The molecule has 1 aliphatic rings. The lowest BCUT2D eigenvalue weighted by atomic mass is 10.1. The van der Waals surface area contributed by atoms with Crippen LogP contribution in [0.15, 0.2) is 0 Å². The van der Waals surface area contributed by atoms with E-state index in [9.17, 15) is 0 Å². The fourth-order valence-electron chi connectivity index (χ4n) is 1.95. The molecule has 15 heavy (non-hydrogen) atoms. The minimum atomic E-state index is 0.600. The molecule has 2 heterocycles. The van der Waals surface area contributed by atoms with Crippen molar-refractivity contribution in [1.29, 1.82) is 0 Å². The van der Waals surface area contributed by atoms with Crippen LogP contribution in [0, 0.1) is 0 Å². The van der Waals surface area contributed by atoms with Gasteiger partial charge in [-0.25, -0.2) is 0 Å². The maximum atomic E-state index is 4.18. The van der Waals surface area contributed by atoms with E-state index in [0.717, 1.165) is 25.5 Å². The van der Waals surface area contributed by atoms with Crippen molar-refractivity contribution in [2.75, 3.05) is 20.1 Å². The maximum absolute atomic E-state index is 4.18. The largest absolute Gasteiger partial charge is 0.315 e. The second-order valence-corrected chi connectivity index (χ2v) is 4.11. The van der Waals surface area contributed by atoms with Crippen LogP contribution in [0.25, 0.3) is 0 Å². The van der Waals surface area contributed by atoms with Crippen molar-refractivity contribution < 1.29 is 0 Å². The fraction of sp³-hybridized carbons (Fsp3) is 0.889. The summed E-state index contributed by atoms with van der Waals surface area (Å²) in [6.45, 7) is 2.99. The summed E-state index contributed by atoms with van der Waals surface area (Å²) in [5.41, 5.74) is 0. The Balaban J connectivity index is 1.88. The molecule has 6 nitrogen and oxygen atoms in total. The number of nitrogens with one attached hydrogen (secondary N) is 1. The molecule has 1 saturated heterocycles. The Morgan fingerprint density at radius 1 is 1.60 bits per heavy atom. The van der Waals surface area contributed by atoms with Gasteiger partial charge in [0.25, 0.3) is 0 Å². The lowest BCUT2D eigenvalue weighted by Gasteiger charge is -2.30. The molecule has 6 heteroatoms. The minimum Gasteiger partial charge on any atom is -0.315 e. The zero-order valence-electron chi connectivity index (χ0n) is 9.35. The van der Waals surface area contributed by atoms with Crippen molar-refractivity contribution >= 4 is 0 Å². The molecule has 84 valence electrons. The lowest BCUT2D eigenvalue weighted by molar-refractivity contribution is 0.191. The van der Waals surface area contributed by atoms with E-state index in [1.807, 2.05) is 0 Å². The van der Waals surface area contributed by atoms with Crippen LogP contribution in [0.4, 0.5) is 0 Å². The van der Waals surface area contributed by atoms with Gasteiger partial charge in [0, 0.05) is 12.6 Å². The van der Waals surface area contributed by atoms with E-state index in [2.05, 4.69) is 32.7 Å². The van der Waals surface area contributed by atoms with Crippen LogP contribution in [-0.2, 0) is 13.6 Å². The van der Waals surface area contributed by atoms with Crippen molar-refractivity contribution in [3.63, 3.8) is 0 Å². The normalized spacial score (nSPS) is 22.2. The molecule has 0 aromatic carbocycles. The second kappa shape index (κ2) is 4.67. The van der Waals surface area contributed by atoms with Crippen molar-refractivity contribution in [3.05, 3.63) is 5.82 Å². The van der Waals surface area contributed by atoms with E-state index in [4.69, 9.17) is 0 Å². The number of aromatic nitrogens is 4. The van der Waals surface area contributed by atoms with Crippen LogP contribution < -0.4 is 5.32 Å². The Kier molecular flexibility index (Phi) is 3.27. The van der Waals surface area contributed by atoms with E-state index >= 15 is 0 Å². The quantitative estimate of drug-likeness (QED) is 0.721. The molecular weight excluding hydrogens is 192 g/mol. The van der Waals surface area contributed by atoms with Crippen LogP contribution in [0.2, 0.25) is 0 Å². The van der Waals surface area contributed by atoms with Gasteiger partial charge in [0.1, 0.15) is 0 Å². The van der Waals surface area contributed by atoms with Gasteiger partial charge in [0.15, 0.2) is 5.82 Å². The van der Waals surface area contributed by atoms with Crippen LogP contribution in [0.5, 0.6) is 0 Å². The maximum Gasteiger partial charge on any atom is 0.188 e. The molecule has 1 N–H and O–H groups in total. The fourth-order valence-corrected chi connectivity index (χ4v) is 1.95. The van der Waals surface area contributed by atoms with Gasteiger partial charge in [-0.3, -0.25) is 4.90 Å². The predicted molar refractivity (Wildman–Crippen MR) is 56.2 cm³/mol. The summed E-state index contributed by atoms with van der Waals surface area (Å²) in [4.78, 5) is 3.80. The lowest BCUT2D eigenvalue weighted by Crippen LogP contribution is -2.43. The van der Waals surface area contributed by atoms with E-state index in [0.29, 0.717) is 6.04 Å². The first-order chi connectivity index (χ1) is 7.25. The molecule has 1 unspecified atom stereocenters. The first-order valence-electron chi connectivity index (χ1n) is 5.39. The van der Waals surface area contributed by atoms with Crippen LogP contribution in [0.1, 0.15) is 18.7 Å². The molecule has 1 aromatic heterocycles. The number of tetrazole rings is 1. The SMILES string of the molecule is CN(Cc1nnn(C)n1)C1CCCNC1. The highest BCUT2D eigenvalue weighted by molar-refractivity contribution is 4.82. The van der Waals surface area contributed by atoms with Crippen LogP contribution in [-0.4, -0.2) is 51.3 Å². The summed E-state index contributed by atoms with van der Waals surface area (Å²) in [6, 6.07) is 0.600. The summed E-state index contributed by atoms with van der Waals surface area (Å²) in [5, 5.41) is 15.4. The molecular formula is C9H18N6. The van der Waals surface area contributed by atoms with Gasteiger partial charge in [-0.1, -0.05) is 0 Å². The van der Waals surface area contributed by atoms with Gasteiger partial charge in [-0.05, 0) is 31.6 Å². The third-order valence-corrected chi connectivity index (χ3v) is 2.83. The molecule has 0 amide bonds. The van der Waals surface area contributed by atoms with Gasteiger partial charge in [-0.2, -0.15) is 4.80 Å². The van der Waals surface area contributed by atoms with E-state index in [1.54, 1.807) is 7.05 Å². The summed E-state index contributed by atoms with van der Waals surface area (Å²) >= 11 is 0. The van der Waals surface area contributed by atoms with Crippen molar-refractivity contribution in [1.82, 2.24) is 30.4 Å². The van der Waals surface area contributed by atoms with Crippen LogP contribution in [0.3, 0.4) is 0 Å². The summed E-state index contributed by atoms with van der Waals surface area (Å²) in [5.74, 6) is 0.797. The molecule has 2 rings (SSSR count). The van der Waals surface area contributed by atoms with Crippen molar-refractivity contribution in [2.24, 2.45) is 7.05 Å². The Morgan fingerprint density at radius 3 is 3.07 bits per heavy atom. The monoisotopic (exact) mass is 210 g/mol. The Hall–Kier alpha value is -1.01. The van der Waals surface area contributed by atoms with Gasteiger partial charge in [0.2, 0.25) is 0 Å². The summed E-state index contributed by atoms with van der Waals surface area (Å²) < 4.78 is 0. The number of nitrogens with zero attached hydrogens (tertiary/aromatic N) is 5. The Labute approximate surface area is 89.6 Å². The number of rotatable bonds is 3. The Morgan fingerprint density at radius 2 is 2.47 bits per heavy atom. The number of hydrogen-bond donors (Lipinski definition) is 1. The predicted octanol–water partition coefficient (Wildman–Crippen LogP) is -0.606. The molecule has 0 spiro atoms. The molecule has 1 atom stereocenters. The molecule has 1 aromatic rings. The zero-order valence-corrected chi connectivity index (χ0v) is 9.35. The van der Waals surface area contributed by atoms with E-state index in [-0.39, 0.29) is 0 Å². The molecule has 1 fully saturated rings. The summed E-state index contributed by atoms with van der Waals surface area (Å²) in [7, 11) is 3.91. The highest BCUT2D eigenvalue weighted by Crippen LogP contribution is 2.09. The average Bonchev–Trinajstić information content (AvgIpc) is 2.65. The highest BCUT2D eigenvalue weighted by atomic mass is 15.6. The third kappa shape index (κ3) is 2.73. The van der Waals surface area contributed by atoms with Crippen molar-refractivity contribution in [3.8, 4) is 0 Å². The molecule has 0 saturated carbocycles. The average molecular weight is 210 g/mol. The molecule has 0 radical (unpaired) electrons. The second-order valence-electron chi connectivity index (χ2n) is 4.11. The van der Waals surface area contributed by atoms with Gasteiger partial charge in [0.05, 0.1) is 13.6 Å². The number of hydrogen-bond acceptors (Lipinski definition) is 5. The smallest absolute Gasteiger partial charge is 0.188 e. The number of likely N-dealkylation sites (N-methyl/N-ethyl adjacent to an activating group) is 1. The molecule has 1 aliphatic heterocycles. The standard InChI is InChI=1S/C9H18N6/c1-14(8-4-3-5-10-6-8)7-9-11-13-15(2)12-9/h8,10H,3-7H2,1-2H3. The zero-order chi connectivity index (χ0) is 10.7. The highest BCUT2D eigenvalue weighted by Gasteiger charge is 2.18.